The lowest BCUT2D eigenvalue weighted by Gasteiger charge is -2.08. The molecule has 0 aliphatic carbocycles. The molecule has 0 fully saturated rings. The first-order valence-corrected chi connectivity index (χ1v) is 6.53. The van der Waals surface area contributed by atoms with Gasteiger partial charge in [-0.2, -0.15) is 0 Å². The van der Waals surface area contributed by atoms with E-state index in [-0.39, 0.29) is 6.61 Å². The van der Waals surface area contributed by atoms with Gasteiger partial charge in [0.25, 0.3) is 0 Å². The highest BCUT2D eigenvalue weighted by Gasteiger charge is 2.12. The molecule has 0 heterocycles. The van der Waals surface area contributed by atoms with Gasteiger partial charge in [-0.15, -0.1) is 0 Å². The van der Waals surface area contributed by atoms with Crippen LogP contribution < -0.4 is 4.74 Å². The molecule has 1 aromatic carbocycles. The van der Waals surface area contributed by atoms with E-state index in [4.69, 9.17) is 9.47 Å². The SMILES string of the molecule is C=CCOC(=O)Oc1ccc(Br)c(Br)c1Br. The monoisotopic (exact) mass is 412 g/mol. The molecular weight excluding hydrogens is 408 g/mol. The molecule has 0 unspecified atom stereocenters. The van der Waals surface area contributed by atoms with Crippen LogP contribution in [0.25, 0.3) is 0 Å². The van der Waals surface area contributed by atoms with Crippen molar-refractivity contribution in [2.75, 3.05) is 6.61 Å². The predicted octanol–water partition coefficient (Wildman–Crippen LogP) is 4.68. The highest BCUT2D eigenvalue weighted by molar-refractivity contribution is 9.14. The Kier molecular flexibility index (Phi) is 5.51. The van der Waals surface area contributed by atoms with E-state index in [0.717, 1.165) is 8.95 Å². The number of benzene rings is 1. The number of carbonyl (C=O) groups is 1. The molecule has 16 heavy (non-hydrogen) atoms. The normalized spacial score (nSPS) is 9.69. The van der Waals surface area contributed by atoms with Crippen molar-refractivity contribution in [2.24, 2.45) is 0 Å². The van der Waals surface area contributed by atoms with Gasteiger partial charge in [-0.1, -0.05) is 12.7 Å². The average Bonchev–Trinajstić information content (AvgIpc) is 2.27. The summed E-state index contributed by atoms with van der Waals surface area (Å²) < 4.78 is 11.9. The molecule has 0 N–H and O–H groups in total. The molecule has 0 atom stereocenters. The quantitative estimate of drug-likeness (QED) is 0.312. The molecule has 0 aromatic heterocycles. The van der Waals surface area contributed by atoms with Crippen molar-refractivity contribution in [1.82, 2.24) is 0 Å². The molecule has 0 spiro atoms. The minimum atomic E-state index is -0.769. The number of ether oxygens (including phenoxy) is 2. The zero-order valence-corrected chi connectivity index (χ0v) is 12.8. The molecule has 0 aliphatic rings. The highest BCUT2D eigenvalue weighted by atomic mass is 79.9. The third-order valence-electron chi connectivity index (χ3n) is 1.51. The van der Waals surface area contributed by atoms with E-state index in [2.05, 4.69) is 54.4 Å². The lowest BCUT2D eigenvalue weighted by atomic mass is 10.3. The Balaban J connectivity index is 2.78. The van der Waals surface area contributed by atoms with Gasteiger partial charge >= 0.3 is 6.16 Å². The molecule has 0 aliphatic heterocycles. The average molecular weight is 415 g/mol. The van der Waals surface area contributed by atoms with Crippen LogP contribution >= 0.6 is 47.8 Å². The van der Waals surface area contributed by atoms with Gasteiger partial charge in [0.15, 0.2) is 0 Å². The van der Waals surface area contributed by atoms with Gasteiger partial charge in [-0.3, -0.25) is 0 Å². The van der Waals surface area contributed by atoms with E-state index in [0.29, 0.717) is 10.2 Å². The minimum Gasteiger partial charge on any atom is -0.430 e. The lowest BCUT2D eigenvalue weighted by Crippen LogP contribution is -2.10. The summed E-state index contributed by atoms with van der Waals surface area (Å²) >= 11 is 9.95. The van der Waals surface area contributed by atoms with E-state index in [1.807, 2.05) is 0 Å². The Hall–Kier alpha value is -0.330. The first-order chi connectivity index (χ1) is 7.56. The van der Waals surface area contributed by atoms with Gasteiger partial charge in [0, 0.05) is 8.95 Å². The molecule has 0 bridgehead atoms. The van der Waals surface area contributed by atoms with Crippen LogP contribution in [0.4, 0.5) is 4.79 Å². The van der Waals surface area contributed by atoms with Gasteiger partial charge in [0.2, 0.25) is 0 Å². The number of hydrogen-bond acceptors (Lipinski definition) is 3. The lowest BCUT2D eigenvalue weighted by molar-refractivity contribution is 0.109. The Morgan fingerprint density at radius 2 is 2.00 bits per heavy atom. The standard InChI is InChI=1S/C10H7Br3O3/c1-2-5-15-10(14)16-7-4-3-6(11)8(12)9(7)13/h2-4H,1,5H2. The Bertz CT molecular complexity index is 418. The fourth-order valence-corrected chi connectivity index (χ4v) is 2.18. The Morgan fingerprint density at radius 1 is 1.31 bits per heavy atom. The fourth-order valence-electron chi connectivity index (χ4n) is 0.833. The van der Waals surface area contributed by atoms with Gasteiger partial charge in [0.1, 0.15) is 12.4 Å². The van der Waals surface area contributed by atoms with E-state index in [1.165, 1.54) is 6.08 Å². The van der Waals surface area contributed by atoms with Crippen molar-refractivity contribution in [3.63, 3.8) is 0 Å². The van der Waals surface area contributed by atoms with Crippen molar-refractivity contribution in [3.05, 3.63) is 38.2 Å². The topological polar surface area (TPSA) is 35.5 Å². The number of carbonyl (C=O) groups excluding carboxylic acids is 1. The summed E-state index contributed by atoms with van der Waals surface area (Å²) in [4.78, 5) is 11.2. The maximum absolute atomic E-state index is 11.2. The number of halogens is 3. The molecule has 0 saturated heterocycles. The summed E-state index contributed by atoms with van der Waals surface area (Å²) in [6.07, 6.45) is 0.697. The maximum Gasteiger partial charge on any atom is 0.514 e. The molecule has 0 radical (unpaired) electrons. The van der Waals surface area contributed by atoms with Gasteiger partial charge < -0.3 is 9.47 Å². The third-order valence-corrected chi connectivity index (χ3v) is 4.85. The second-order valence-corrected chi connectivity index (χ2v) is 5.07. The van der Waals surface area contributed by atoms with Crippen LogP contribution in [0.15, 0.2) is 38.2 Å². The molecule has 86 valence electrons. The van der Waals surface area contributed by atoms with Crippen molar-refractivity contribution < 1.29 is 14.3 Å². The van der Waals surface area contributed by atoms with Crippen molar-refractivity contribution in [3.8, 4) is 5.75 Å². The highest BCUT2D eigenvalue weighted by Crippen LogP contribution is 2.37. The molecule has 0 saturated carbocycles. The zero-order chi connectivity index (χ0) is 12.1. The van der Waals surface area contributed by atoms with Crippen LogP contribution in [0.1, 0.15) is 0 Å². The van der Waals surface area contributed by atoms with Crippen LogP contribution in [0.5, 0.6) is 5.75 Å². The summed E-state index contributed by atoms with van der Waals surface area (Å²) in [7, 11) is 0. The van der Waals surface area contributed by atoms with E-state index < -0.39 is 6.16 Å². The van der Waals surface area contributed by atoms with Crippen LogP contribution in [0, 0.1) is 0 Å². The molecule has 1 rings (SSSR count). The second kappa shape index (κ2) is 6.42. The molecule has 6 heteroatoms. The van der Waals surface area contributed by atoms with Crippen LogP contribution in [0.3, 0.4) is 0 Å². The molecule has 0 amide bonds. The maximum atomic E-state index is 11.2. The molecular formula is C10H7Br3O3. The van der Waals surface area contributed by atoms with Crippen molar-refractivity contribution in [2.45, 2.75) is 0 Å². The third kappa shape index (κ3) is 3.61. The number of rotatable bonds is 3. The van der Waals surface area contributed by atoms with Crippen LogP contribution in [-0.4, -0.2) is 12.8 Å². The van der Waals surface area contributed by atoms with Crippen LogP contribution in [0.2, 0.25) is 0 Å². The summed E-state index contributed by atoms with van der Waals surface area (Å²) in [5.41, 5.74) is 0. The van der Waals surface area contributed by atoms with Gasteiger partial charge in [0.05, 0.1) is 4.47 Å². The van der Waals surface area contributed by atoms with E-state index in [1.54, 1.807) is 12.1 Å². The first-order valence-electron chi connectivity index (χ1n) is 4.15. The zero-order valence-electron chi connectivity index (χ0n) is 8.00. The largest absolute Gasteiger partial charge is 0.514 e. The number of hydrogen-bond donors (Lipinski definition) is 0. The summed E-state index contributed by atoms with van der Waals surface area (Å²) in [5, 5.41) is 0. The van der Waals surface area contributed by atoms with Gasteiger partial charge in [-0.25, -0.2) is 4.79 Å². The predicted molar refractivity (Wildman–Crippen MR) is 71.7 cm³/mol. The Morgan fingerprint density at radius 3 is 2.62 bits per heavy atom. The van der Waals surface area contributed by atoms with Crippen LogP contribution in [-0.2, 0) is 4.74 Å². The van der Waals surface area contributed by atoms with E-state index in [9.17, 15) is 4.79 Å². The summed E-state index contributed by atoms with van der Waals surface area (Å²) in [6.45, 7) is 3.55. The summed E-state index contributed by atoms with van der Waals surface area (Å²) in [5.74, 6) is 0.379. The second-order valence-electron chi connectivity index (χ2n) is 2.63. The summed E-state index contributed by atoms with van der Waals surface area (Å²) in [6, 6.07) is 3.40. The Labute approximate surface area is 118 Å². The molecule has 1 aromatic rings. The minimum absolute atomic E-state index is 0.119. The van der Waals surface area contributed by atoms with Crippen molar-refractivity contribution in [1.29, 1.82) is 0 Å². The fraction of sp³-hybridized carbons (Fsp3) is 0.100. The first kappa shape index (κ1) is 13.7. The van der Waals surface area contributed by atoms with Gasteiger partial charge in [-0.05, 0) is 59.9 Å². The molecule has 3 nitrogen and oxygen atoms in total. The van der Waals surface area contributed by atoms with E-state index >= 15 is 0 Å². The smallest absolute Gasteiger partial charge is 0.430 e. The van der Waals surface area contributed by atoms with Crippen molar-refractivity contribution >= 4 is 53.9 Å².